The highest BCUT2D eigenvalue weighted by Crippen LogP contribution is 2.62. The van der Waals surface area contributed by atoms with Gasteiger partial charge in [-0.1, -0.05) is 0 Å². The van der Waals surface area contributed by atoms with Gasteiger partial charge in [0.25, 0.3) is 11.9 Å². The van der Waals surface area contributed by atoms with Gasteiger partial charge in [0.1, 0.15) is 29.2 Å². The number of hydrogen-bond donors (Lipinski definition) is 2. The van der Waals surface area contributed by atoms with Crippen molar-refractivity contribution in [2.24, 2.45) is 16.1 Å². The van der Waals surface area contributed by atoms with E-state index in [2.05, 4.69) is 20.0 Å². The van der Waals surface area contributed by atoms with Crippen LogP contribution in [0, 0.1) is 5.41 Å². The van der Waals surface area contributed by atoms with E-state index < -0.39 is 29.1 Å². The standard InChI is InChI=1S/C21H21F2N5O5/c1-19(2)20(8-30-9-20)21(10-31-18(24)28-21)12-5-11(3-4-14(12)33-19)27-16(29)13-6-26-15(7-25-13)32-17(22)23/h3-7,17H,8-10H2,1-2H3,(H2,24,28)(H,27,29). The van der Waals surface area contributed by atoms with Crippen LogP contribution < -0.4 is 20.5 Å². The number of amides is 1. The maximum absolute atomic E-state index is 12.7. The van der Waals surface area contributed by atoms with E-state index in [0.717, 1.165) is 18.0 Å². The Balaban J connectivity index is 1.47. The van der Waals surface area contributed by atoms with Crippen LogP contribution in [0.15, 0.2) is 35.6 Å². The molecule has 33 heavy (non-hydrogen) atoms. The maximum Gasteiger partial charge on any atom is 0.388 e. The number of nitrogens with zero attached hydrogens (tertiary/aromatic N) is 3. The number of carbonyl (C=O) groups is 1. The lowest BCUT2D eigenvalue weighted by molar-refractivity contribution is -0.247. The summed E-state index contributed by atoms with van der Waals surface area (Å²) in [6.45, 7) is 1.99. The number of aliphatic imine (C=N–C) groups is 1. The molecule has 2 spiro atoms. The largest absolute Gasteiger partial charge is 0.487 e. The molecule has 12 heteroatoms. The highest BCUT2D eigenvalue weighted by atomic mass is 19.3. The molecule has 1 saturated heterocycles. The van der Waals surface area contributed by atoms with Crippen LogP contribution in [-0.2, 0) is 15.0 Å². The number of benzene rings is 1. The Morgan fingerprint density at radius 3 is 2.58 bits per heavy atom. The van der Waals surface area contributed by atoms with Gasteiger partial charge in [0.15, 0.2) is 0 Å². The Morgan fingerprint density at radius 2 is 2.00 bits per heavy atom. The number of nitrogens with two attached hydrogens (primary N) is 1. The Kier molecular flexibility index (Phi) is 4.67. The Bertz CT molecular complexity index is 1140. The van der Waals surface area contributed by atoms with Crippen molar-refractivity contribution in [1.82, 2.24) is 9.97 Å². The molecular weight excluding hydrogens is 440 g/mol. The third kappa shape index (κ3) is 3.16. The van der Waals surface area contributed by atoms with Crippen molar-refractivity contribution in [1.29, 1.82) is 0 Å². The van der Waals surface area contributed by atoms with Crippen molar-refractivity contribution in [2.75, 3.05) is 25.1 Å². The molecule has 1 unspecified atom stereocenters. The highest BCUT2D eigenvalue weighted by molar-refractivity contribution is 6.02. The third-order valence-electron chi connectivity index (χ3n) is 6.49. The number of amidine groups is 1. The number of aromatic nitrogens is 2. The molecule has 0 radical (unpaired) electrons. The second kappa shape index (κ2) is 7.24. The summed E-state index contributed by atoms with van der Waals surface area (Å²) in [4.78, 5) is 24.8. The molecule has 1 amide bonds. The monoisotopic (exact) mass is 461 g/mol. The predicted octanol–water partition coefficient (Wildman–Crippen LogP) is 2.06. The summed E-state index contributed by atoms with van der Waals surface area (Å²) >= 11 is 0. The molecule has 10 nitrogen and oxygen atoms in total. The normalized spacial score (nSPS) is 23.8. The quantitative estimate of drug-likeness (QED) is 0.708. The van der Waals surface area contributed by atoms with E-state index in [1.165, 1.54) is 0 Å². The zero-order valence-corrected chi connectivity index (χ0v) is 17.8. The Labute approximate surface area is 187 Å². The smallest absolute Gasteiger partial charge is 0.388 e. The molecule has 0 saturated carbocycles. The topological polar surface area (TPSA) is 130 Å². The number of alkyl halides is 2. The van der Waals surface area contributed by atoms with Crippen LogP contribution >= 0.6 is 0 Å². The Morgan fingerprint density at radius 1 is 1.21 bits per heavy atom. The lowest BCUT2D eigenvalue weighted by atomic mass is 9.55. The minimum Gasteiger partial charge on any atom is -0.487 e. The maximum atomic E-state index is 12.7. The van der Waals surface area contributed by atoms with Gasteiger partial charge >= 0.3 is 6.61 Å². The van der Waals surface area contributed by atoms with Crippen molar-refractivity contribution >= 4 is 17.6 Å². The van der Waals surface area contributed by atoms with E-state index in [-0.39, 0.29) is 24.2 Å². The van der Waals surface area contributed by atoms with Crippen LogP contribution in [0.1, 0.15) is 29.9 Å². The minimum absolute atomic E-state index is 0.0724. The zero-order chi connectivity index (χ0) is 23.4. The molecule has 2 aromatic rings. The molecular formula is C21H21F2N5O5. The van der Waals surface area contributed by atoms with Crippen LogP contribution in [0.3, 0.4) is 0 Å². The molecule has 3 N–H and O–H groups in total. The fourth-order valence-electron chi connectivity index (χ4n) is 4.64. The molecule has 1 aromatic heterocycles. The number of halogens is 2. The van der Waals surface area contributed by atoms with Gasteiger partial charge in [0, 0.05) is 11.3 Å². The number of ether oxygens (including phenoxy) is 4. The van der Waals surface area contributed by atoms with Gasteiger partial charge in [-0.2, -0.15) is 8.78 Å². The second-order valence-electron chi connectivity index (χ2n) is 8.57. The van der Waals surface area contributed by atoms with E-state index in [0.29, 0.717) is 24.7 Å². The summed E-state index contributed by atoms with van der Waals surface area (Å²) in [6.07, 6.45) is 2.00. The predicted molar refractivity (Wildman–Crippen MR) is 110 cm³/mol. The number of anilines is 1. The Hall–Kier alpha value is -3.54. The van der Waals surface area contributed by atoms with Gasteiger partial charge in [-0.05, 0) is 32.0 Å². The van der Waals surface area contributed by atoms with Crippen LogP contribution in [0.25, 0.3) is 0 Å². The van der Waals surface area contributed by atoms with Crippen molar-refractivity contribution < 1.29 is 32.5 Å². The number of nitrogens with one attached hydrogen (secondary N) is 1. The summed E-state index contributed by atoms with van der Waals surface area (Å²) in [6, 6.07) is 5.27. The van der Waals surface area contributed by atoms with E-state index in [4.69, 9.17) is 24.9 Å². The summed E-state index contributed by atoms with van der Waals surface area (Å²) in [5.74, 6) is -0.364. The molecule has 4 heterocycles. The lowest BCUT2D eigenvalue weighted by Crippen LogP contribution is -2.71. The summed E-state index contributed by atoms with van der Waals surface area (Å²) < 4.78 is 46.2. The van der Waals surface area contributed by atoms with Crippen molar-refractivity contribution in [2.45, 2.75) is 31.6 Å². The van der Waals surface area contributed by atoms with E-state index >= 15 is 0 Å². The summed E-state index contributed by atoms with van der Waals surface area (Å²) in [7, 11) is 0. The molecule has 0 bridgehead atoms. The van der Waals surface area contributed by atoms with Crippen molar-refractivity contribution in [3.63, 3.8) is 0 Å². The van der Waals surface area contributed by atoms with Gasteiger partial charge in [-0.25, -0.2) is 15.0 Å². The fraction of sp³-hybridized carbons (Fsp3) is 0.429. The summed E-state index contributed by atoms with van der Waals surface area (Å²) in [5, 5.41) is 2.73. The van der Waals surface area contributed by atoms with Gasteiger partial charge in [0.05, 0.1) is 31.0 Å². The molecule has 3 aliphatic heterocycles. The van der Waals surface area contributed by atoms with Crippen molar-refractivity contribution in [3.05, 3.63) is 41.9 Å². The SMILES string of the molecule is CC1(C)Oc2ccc(NC(=O)c3cnc(OC(F)F)cn3)cc2C2(COC(N)=N2)C12COC2. The minimum atomic E-state index is -3.03. The lowest BCUT2D eigenvalue weighted by Gasteiger charge is -2.61. The first-order valence-electron chi connectivity index (χ1n) is 10.1. The third-order valence-corrected chi connectivity index (χ3v) is 6.49. The van der Waals surface area contributed by atoms with E-state index in [1.807, 2.05) is 13.8 Å². The fourth-order valence-corrected chi connectivity index (χ4v) is 4.64. The van der Waals surface area contributed by atoms with Crippen molar-refractivity contribution in [3.8, 4) is 11.6 Å². The number of rotatable bonds is 4. The zero-order valence-electron chi connectivity index (χ0n) is 17.8. The number of hydrogen-bond acceptors (Lipinski definition) is 9. The van der Waals surface area contributed by atoms with Gasteiger partial charge in [-0.15, -0.1) is 0 Å². The van der Waals surface area contributed by atoms with E-state index in [1.54, 1.807) is 18.2 Å². The molecule has 0 aliphatic carbocycles. The van der Waals surface area contributed by atoms with Crippen LogP contribution in [0.2, 0.25) is 0 Å². The number of fused-ring (bicyclic) bond motifs is 3. The summed E-state index contributed by atoms with van der Waals surface area (Å²) in [5.41, 5.74) is 5.05. The van der Waals surface area contributed by atoms with Gasteiger partial charge in [-0.3, -0.25) is 4.79 Å². The average molecular weight is 461 g/mol. The van der Waals surface area contributed by atoms with Crippen LogP contribution in [0.4, 0.5) is 14.5 Å². The second-order valence-corrected chi connectivity index (χ2v) is 8.57. The van der Waals surface area contributed by atoms with Gasteiger partial charge < -0.3 is 30.0 Å². The van der Waals surface area contributed by atoms with Gasteiger partial charge in [0.2, 0.25) is 5.88 Å². The molecule has 1 fully saturated rings. The molecule has 1 aromatic carbocycles. The van der Waals surface area contributed by atoms with Crippen LogP contribution in [-0.4, -0.2) is 53.9 Å². The molecule has 5 rings (SSSR count). The van der Waals surface area contributed by atoms with E-state index in [9.17, 15) is 13.6 Å². The molecule has 174 valence electrons. The molecule has 3 aliphatic rings. The first kappa shape index (κ1) is 21.3. The highest BCUT2D eigenvalue weighted by Gasteiger charge is 2.71. The first-order valence-corrected chi connectivity index (χ1v) is 10.1. The average Bonchev–Trinajstić information content (AvgIpc) is 3.09. The molecule has 1 atom stereocenters. The van der Waals surface area contributed by atoms with Crippen LogP contribution in [0.5, 0.6) is 11.6 Å². The first-order chi connectivity index (χ1) is 15.7. The number of carbonyl (C=O) groups excluding carboxylic acids is 1.